The summed E-state index contributed by atoms with van der Waals surface area (Å²) in [6.07, 6.45) is 5.37. The van der Waals surface area contributed by atoms with Gasteiger partial charge in [-0.05, 0) is 18.2 Å². The first kappa shape index (κ1) is 12.0. The Hall–Kier alpha value is -1.45. The quantitative estimate of drug-likeness (QED) is 0.845. The summed E-state index contributed by atoms with van der Waals surface area (Å²) in [5, 5.41) is 4.36. The average Bonchev–Trinajstić information content (AvgIpc) is 2.72. The van der Waals surface area contributed by atoms with Gasteiger partial charge in [-0.25, -0.2) is 4.98 Å². The average molecular weight is 268 g/mol. The predicted octanol–water partition coefficient (Wildman–Crippen LogP) is 4.12. The van der Waals surface area contributed by atoms with Crippen molar-refractivity contribution >= 4 is 34.8 Å². The smallest absolute Gasteiger partial charge is 0.207 e. The Morgan fingerprint density at radius 1 is 1.41 bits per heavy atom. The molecule has 3 nitrogen and oxygen atoms in total. The minimum atomic E-state index is 0.600. The first-order chi connectivity index (χ1) is 8.20. The molecule has 17 heavy (non-hydrogen) atoms. The van der Waals surface area contributed by atoms with Crippen LogP contribution in [-0.4, -0.2) is 9.55 Å². The number of rotatable bonds is 4. The standard InChI is InChI=1S/C12H11Cl2N3/c1-2-6-17-7-5-15-12(17)16-11-8-9(13)3-4-10(11)14/h2-5,7-8H,1,6H2,(H,15,16). The fourth-order valence-electron chi connectivity index (χ4n) is 1.43. The van der Waals surface area contributed by atoms with Gasteiger partial charge >= 0.3 is 0 Å². The van der Waals surface area contributed by atoms with E-state index in [1.165, 1.54) is 0 Å². The van der Waals surface area contributed by atoms with Gasteiger partial charge in [0, 0.05) is 24.0 Å². The molecule has 0 spiro atoms. The number of nitrogens with one attached hydrogen (secondary N) is 1. The Kier molecular flexibility index (Phi) is 3.71. The first-order valence-electron chi connectivity index (χ1n) is 5.05. The zero-order chi connectivity index (χ0) is 12.3. The molecule has 1 aromatic carbocycles. The molecule has 1 heterocycles. The molecule has 0 aliphatic rings. The number of halogens is 2. The maximum Gasteiger partial charge on any atom is 0.207 e. The largest absolute Gasteiger partial charge is 0.324 e. The van der Waals surface area contributed by atoms with E-state index in [4.69, 9.17) is 23.2 Å². The van der Waals surface area contributed by atoms with Crippen LogP contribution in [0, 0.1) is 0 Å². The Morgan fingerprint density at radius 3 is 3.00 bits per heavy atom. The van der Waals surface area contributed by atoms with Gasteiger partial charge in [-0.15, -0.1) is 6.58 Å². The van der Waals surface area contributed by atoms with E-state index in [0.717, 1.165) is 5.69 Å². The number of benzene rings is 1. The van der Waals surface area contributed by atoms with E-state index >= 15 is 0 Å². The van der Waals surface area contributed by atoms with Crippen LogP contribution in [0.5, 0.6) is 0 Å². The van der Waals surface area contributed by atoms with Crippen LogP contribution < -0.4 is 5.32 Å². The van der Waals surface area contributed by atoms with Crippen LogP contribution in [0.3, 0.4) is 0 Å². The van der Waals surface area contributed by atoms with E-state index in [0.29, 0.717) is 22.5 Å². The molecular weight excluding hydrogens is 257 g/mol. The summed E-state index contributed by atoms with van der Waals surface area (Å²) in [6.45, 7) is 4.37. The minimum Gasteiger partial charge on any atom is -0.324 e. The highest BCUT2D eigenvalue weighted by molar-refractivity contribution is 6.35. The number of aromatic nitrogens is 2. The molecular formula is C12H11Cl2N3. The van der Waals surface area contributed by atoms with Crippen LogP contribution in [-0.2, 0) is 6.54 Å². The summed E-state index contributed by atoms with van der Waals surface area (Å²) in [7, 11) is 0. The summed E-state index contributed by atoms with van der Waals surface area (Å²) in [4.78, 5) is 4.20. The van der Waals surface area contributed by atoms with Crippen LogP contribution in [0.2, 0.25) is 10.0 Å². The molecule has 2 aromatic rings. The Bertz CT molecular complexity index is 534. The second kappa shape index (κ2) is 5.25. The number of hydrogen-bond donors (Lipinski definition) is 1. The Labute approximate surface area is 110 Å². The van der Waals surface area contributed by atoms with Gasteiger partial charge < -0.3 is 9.88 Å². The normalized spacial score (nSPS) is 10.2. The molecule has 88 valence electrons. The molecule has 1 aromatic heterocycles. The van der Waals surface area contributed by atoms with Gasteiger partial charge in [0.2, 0.25) is 5.95 Å². The van der Waals surface area contributed by atoms with Gasteiger partial charge in [-0.1, -0.05) is 29.3 Å². The van der Waals surface area contributed by atoms with Crippen molar-refractivity contribution in [1.82, 2.24) is 9.55 Å². The van der Waals surface area contributed by atoms with Crippen molar-refractivity contribution in [2.75, 3.05) is 5.32 Å². The zero-order valence-corrected chi connectivity index (χ0v) is 10.5. The van der Waals surface area contributed by atoms with Crippen molar-refractivity contribution in [1.29, 1.82) is 0 Å². The van der Waals surface area contributed by atoms with Gasteiger partial charge in [0.05, 0.1) is 10.7 Å². The first-order valence-corrected chi connectivity index (χ1v) is 5.80. The summed E-state index contributed by atoms with van der Waals surface area (Å²) >= 11 is 12.0. The second-order valence-electron chi connectivity index (χ2n) is 3.44. The third-order valence-corrected chi connectivity index (χ3v) is 2.78. The van der Waals surface area contributed by atoms with Gasteiger partial charge in [-0.2, -0.15) is 0 Å². The van der Waals surface area contributed by atoms with Crippen LogP contribution in [0.25, 0.3) is 0 Å². The van der Waals surface area contributed by atoms with E-state index in [9.17, 15) is 0 Å². The number of hydrogen-bond acceptors (Lipinski definition) is 2. The minimum absolute atomic E-state index is 0.600. The van der Waals surface area contributed by atoms with Crippen molar-refractivity contribution in [2.45, 2.75) is 6.54 Å². The SMILES string of the molecule is C=CCn1ccnc1Nc1cc(Cl)ccc1Cl. The van der Waals surface area contributed by atoms with E-state index in [2.05, 4.69) is 16.9 Å². The van der Waals surface area contributed by atoms with Crippen LogP contribution >= 0.6 is 23.2 Å². The van der Waals surface area contributed by atoms with Crippen molar-refractivity contribution in [3.05, 3.63) is 53.3 Å². The summed E-state index contributed by atoms with van der Waals surface area (Å²) in [6, 6.07) is 5.25. The lowest BCUT2D eigenvalue weighted by Gasteiger charge is -2.09. The molecule has 0 aliphatic heterocycles. The van der Waals surface area contributed by atoms with Gasteiger partial charge in [0.1, 0.15) is 0 Å². The predicted molar refractivity (Wildman–Crippen MR) is 72.2 cm³/mol. The summed E-state index contributed by atoms with van der Waals surface area (Å²) in [5.41, 5.74) is 0.732. The second-order valence-corrected chi connectivity index (χ2v) is 4.28. The van der Waals surface area contributed by atoms with Crippen molar-refractivity contribution in [3.8, 4) is 0 Å². The van der Waals surface area contributed by atoms with Crippen LogP contribution in [0.15, 0.2) is 43.2 Å². The molecule has 0 amide bonds. The van der Waals surface area contributed by atoms with E-state index in [1.54, 1.807) is 30.5 Å². The number of imidazole rings is 1. The van der Waals surface area contributed by atoms with Crippen molar-refractivity contribution < 1.29 is 0 Å². The highest BCUT2D eigenvalue weighted by Crippen LogP contribution is 2.27. The molecule has 1 N–H and O–H groups in total. The fourth-order valence-corrected chi connectivity index (χ4v) is 1.77. The van der Waals surface area contributed by atoms with Gasteiger partial charge in [-0.3, -0.25) is 0 Å². The van der Waals surface area contributed by atoms with Crippen LogP contribution in [0.4, 0.5) is 11.6 Å². The van der Waals surface area contributed by atoms with E-state index < -0.39 is 0 Å². The van der Waals surface area contributed by atoms with E-state index in [-0.39, 0.29) is 0 Å². The van der Waals surface area contributed by atoms with Gasteiger partial charge in [0.25, 0.3) is 0 Å². The molecule has 0 radical (unpaired) electrons. The number of anilines is 2. The topological polar surface area (TPSA) is 29.9 Å². The molecule has 0 fully saturated rings. The molecule has 0 aliphatic carbocycles. The lowest BCUT2D eigenvalue weighted by atomic mass is 10.3. The lowest BCUT2D eigenvalue weighted by molar-refractivity contribution is 0.833. The highest BCUT2D eigenvalue weighted by Gasteiger charge is 2.05. The molecule has 0 saturated carbocycles. The molecule has 0 bridgehead atoms. The zero-order valence-electron chi connectivity index (χ0n) is 9.03. The maximum atomic E-state index is 6.06. The Balaban J connectivity index is 2.27. The maximum absolute atomic E-state index is 6.06. The Morgan fingerprint density at radius 2 is 2.24 bits per heavy atom. The third-order valence-electron chi connectivity index (χ3n) is 2.22. The monoisotopic (exact) mass is 267 g/mol. The van der Waals surface area contributed by atoms with Crippen molar-refractivity contribution in [3.63, 3.8) is 0 Å². The fraction of sp³-hybridized carbons (Fsp3) is 0.0833. The molecule has 0 saturated heterocycles. The summed E-state index contributed by atoms with van der Waals surface area (Å²) < 4.78 is 1.92. The molecule has 0 unspecified atom stereocenters. The lowest BCUT2D eigenvalue weighted by Crippen LogP contribution is -2.02. The van der Waals surface area contributed by atoms with Crippen molar-refractivity contribution in [2.24, 2.45) is 0 Å². The highest BCUT2D eigenvalue weighted by atomic mass is 35.5. The molecule has 2 rings (SSSR count). The third kappa shape index (κ3) is 2.81. The molecule has 0 atom stereocenters. The summed E-state index contributed by atoms with van der Waals surface area (Å²) in [5.74, 6) is 0.703. The molecule has 5 heteroatoms. The number of allylic oxidation sites excluding steroid dienone is 1. The van der Waals surface area contributed by atoms with E-state index in [1.807, 2.05) is 10.8 Å². The van der Waals surface area contributed by atoms with Crippen LogP contribution in [0.1, 0.15) is 0 Å². The van der Waals surface area contributed by atoms with Gasteiger partial charge in [0.15, 0.2) is 0 Å². The number of nitrogens with zero attached hydrogens (tertiary/aromatic N) is 2.